The Morgan fingerprint density at radius 1 is 1.27 bits per heavy atom. The topological polar surface area (TPSA) is 40.6 Å². The molecule has 1 aromatic carbocycles. The first-order valence-electron chi connectivity index (χ1n) is 8.06. The average molecular weight is 302 g/mol. The van der Waals surface area contributed by atoms with Crippen molar-refractivity contribution in [3.8, 4) is 0 Å². The Bertz CT molecular complexity index is 502. The summed E-state index contributed by atoms with van der Waals surface area (Å²) in [5.74, 6) is 0.179. The Balaban J connectivity index is 1.88. The van der Waals surface area contributed by atoms with Gasteiger partial charge in [-0.05, 0) is 32.3 Å². The van der Waals surface area contributed by atoms with Crippen LogP contribution in [0, 0.1) is 0 Å². The van der Waals surface area contributed by atoms with Crippen molar-refractivity contribution < 1.29 is 9.59 Å². The fourth-order valence-corrected chi connectivity index (χ4v) is 3.36. The second-order valence-electron chi connectivity index (χ2n) is 6.39. The van der Waals surface area contributed by atoms with Gasteiger partial charge in [-0.15, -0.1) is 0 Å². The highest BCUT2D eigenvalue weighted by Gasteiger charge is 2.27. The number of carbonyl (C=O) groups excluding carboxylic acids is 2. The molecular formula is C18H26N2O2. The highest BCUT2D eigenvalue weighted by Crippen LogP contribution is 2.20. The fraction of sp³-hybridized carbons (Fsp3) is 0.556. The van der Waals surface area contributed by atoms with Crippen molar-refractivity contribution in [2.45, 2.75) is 52.2 Å². The Labute approximate surface area is 133 Å². The predicted octanol–water partition coefficient (Wildman–Crippen LogP) is 2.72. The quantitative estimate of drug-likeness (QED) is 0.785. The van der Waals surface area contributed by atoms with Crippen molar-refractivity contribution in [2.24, 2.45) is 0 Å². The zero-order valence-electron chi connectivity index (χ0n) is 13.8. The second-order valence-corrected chi connectivity index (χ2v) is 6.39. The maximum absolute atomic E-state index is 11.8. The molecule has 4 heteroatoms. The van der Waals surface area contributed by atoms with Gasteiger partial charge in [-0.3, -0.25) is 14.5 Å². The molecule has 2 rings (SSSR count). The molecule has 1 aliphatic rings. The SMILES string of the molecule is CC(=O)N(C(C)C)C1CCN(Cc2ccc(C=O)cc2)CC1. The van der Waals surface area contributed by atoms with Gasteiger partial charge in [0.15, 0.2) is 0 Å². The van der Waals surface area contributed by atoms with Crippen LogP contribution < -0.4 is 0 Å². The molecule has 1 heterocycles. The number of rotatable bonds is 5. The maximum Gasteiger partial charge on any atom is 0.219 e. The predicted molar refractivity (Wildman–Crippen MR) is 87.8 cm³/mol. The van der Waals surface area contributed by atoms with E-state index in [-0.39, 0.29) is 11.9 Å². The highest BCUT2D eigenvalue weighted by molar-refractivity contribution is 5.74. The minimum atomic E-state index is 0.179. The zero-order chi connectivity index (χ0) is 16.1. The van der Waals surface area contributed by atoms with Crippen LogP contribution in [0.25, 0.3) is 0 Å². The summed E-state index contributed by atoms with van der Waals surface area (Å²) in [6.07, 6.45) is 2.94. The molecule has 0 aromatic heterocycles. The third-order valence-electron chi connectivity index (χ3n) is 4.39. The molecule has 0 radical (unpaired) electrons. The molecule has 4 nitrogen and oxygen atoms in total. The van der Waals surface area contributed by atoms with Gasteiger partial charge in [0, 0.05) is 44.2 Å². The van der Waals surface area contributed by atoms with E-state index in [1.165, 1.54) is 5.56 Å². The summed E-state index contributed by atoms with van der Waals surface area (Å²) >= 11 is 0. The number of benzene rings is 1. The van der Waals surface area contributed by atoms with Gasteiger partial charge in [0.25, 0.3) is 0 Å². The summed E-state index contributed by atoms with van der Waals surface area (Å²) in [5.41, 5.74) is 1.95. The summed E-state index contributed by atoms with van der Waals surface area (Å²) < 4.78 is 0. The summed E-state index contributed by atoms with van der Waals surface area (Å²) in [6, 6.07) is 8.41. The second kappa shape index (κ2) is 7.54. The molecule has 0 atom stereocenters. The summed E-state index contributed by atoms with van der Waals surface area (Å²) in [5, 5.41) is 0. The fourth-order valence-electron chi connectivity index (χ4n) is 3.36. The van der Waals surface area contributed by atoms with E-state index < -0.39 is 0 Å². The largest absolute Gasteiger partial charge is 0.337 e. The molecule has 1 amide bonds. The van der Waals surface area contributed by atoms with Gasteiger partial charge in [-0.2, -0.15) is 0 Å². The van der Waals surface area contributed by atoms with Gasteiger partial charge in [-0.25, -0.2) is 0 Å². The summed E-state index contributed by atoms with van der Waals surface area (Å²) in [4.78, 5) is 26.9. The molecule has 120 valence electrons. The number of hydrogen-bond acceptors (Lipinski definition) is 3. The van der Waals surface area contributed by atoms with E-state index in [0.29, 0.717) is 6.04 Å². The van der Waals surface area contributed by atoms with E-state index in [4.69, 9.17) is 0 Å². The van der Waals surface area contributed by atoms with Gasteiger partial charge in [0.05, 0.1) is 0 Å². The van der Waals surface area contributed by atoms with E-state index in [1.807, 2.05) is 29.2 Å². The lowest BCUT2D eigenvalue weighted by Crippen LogP contribution is -2.49. The molecule has 1 aromatic rings. The lowest BCUT2D eigenvalue weighted by Gasteiger charge is -2.40. The lowest BCUT2D eigenvalue weighted by atomic mass is 10.0. The van der Waals surface area contributed by atoms with Crippen molar-refractivity contribution in [1.29, 1.82) is 0 Å². The molecule has 1 fully saturated rings. The summed E-state index contributed by atoms with van der Waals surface area (Å²) in [7, 11) is 0. The summed E-state index contributed by atoms with van der Waals surface area (Å²) in [6.45, 7) is 8.77. The zero-order valence-corrected chi connectivity index (χ0v) is 13.8. The smallest absolute Gasteiger partial charge is 0.219 e. The monoisotopic (exact) mass is 302 g/mol. The van der Waals surface area contributed by atoms with Gasteiger partial charge < -0.3 is 4.90 Å². The van der Waals surface area contributed by atoms with Gasteiger partial charge in [0.1, 0.15) is 6.29 Å². The Morgan fingerprint density at radius 3 is 2.32 bits per heavy atom. The molecule has 0 spiro atoms. The van der Waals surface area contributed by atoms with E-state index in [2.05, 4.69) is 18.7 Å². The van der Waals surface area contributed by atoms with E-state index in [1.54, 1.807) is 6.92 Å². The Hall–Kier alpha value is -1.68. The molecule has 0 N–H and O–H groups in total. The van der Waals surface area contributed by atoms with Crippen LogP contribution in [0.3, 0.4) is 0 Å². The van der Waals surface area contributed by atoms with Crippen LogP contribution in [0.2, 0.25) is 0 Å². The highest BCUT2D eigenvalue weighted by atomic mass is 16.2. The van der Waals surface area contributed by atoms with Crippen LogP contribution in [0.4, 0.5) is 0 Å². The number of aldehydes is 1. The molecule has 0 bridgehead atoms. The van der Waals surface area contributed by atoms with Gasteiger partial charge >= 0.3 is 0 Å². The van der Waals surface area contributed by atoms with Crippen LogP contribution in [-0.4, -0.2) is 47.2 Å². The third kappa shape index (κ3) is 4.17. The number of nitrogens with zero attached hydrogens (tertiary/aromatic N) is 2. The molecule has 0 aliphatic carbocycles. The molecule has 0 saturated carbocycles. The first kappa shape index (κ1) is 16.7. The van der Waals surface area contributed by atoms with Crippen molar-refractivity contribution in [2.75, 3.05) is 13.1 Å². The van der Waals surface area contributed by atoms with E-state index in [9.17, 15) is 9.59 Å². The first-order valence-corrected chi connectivity index (χ1v) is 8.06. The van der Waals surface area contributed by atoms with E-state index >= 15 is 0 Å². The van der Waals surface area contributed by atoms with Crippen LogP contribution >= 0.6 is 0 Å². The first-order chi connectivity index (χ1) is 10.5. The van der Waals surface area contributed by atoms with Crippen molar-refractivity contribution in [1.82, 2.24) is 9.80 Å². The Kier molecular flexibility index (Phi) is 5.72. The minimum Gasteiger partial charge on any atom is -0.337 e. The normalized spacial score (nSPS) is 16.7. The molecule has 22 heavy (non-hydrogen) atoms. The standard InChI is InChI=1S/C18H26N2O2/c1-14(2)20(15(3)22)18-8-10-19(11-9-18)12-16-4-6-17(13-21)7-5-16/h4-7,13-14,18H,8-12H2,1-3H3. The van der Waals surface area contributed by atoms with Crippen LogP contribution in [0.1, 0.15) is 49.5 Å². The molecule has 1 saturated heterocycles. The molecule has 1 aliphatic heterocycles. The van der Waals surface area contributed by atoms with Crippen LogP contribution in [0.5, 0.6) is 0 Å². The number of carbonyl (C=O) groups is 2. The van der Waals surface area contributed by atoms with Gasteiger partial charge in [-0.1, -0.05) is 24.3 Å². The van der Waals surface area contributed by atoms with Crippen molar-refractivity contribution in [3.05, 3.63) is 35.4 Å². The van der Waals surface area contributed by atoms with Crippen molar-refractivity contribution in [3.63, 3.8) is 0 Å². The van der Waals surface area contributed by atoms with Crippen LogP contribution in [-0.2, 0) is 11.3 Å². The number of piperidine rings is 1. The average Bonchev–Trinajstić information content (AvgIpc) is 2.49. The minimum absolute atomic E-state index is 0.179. The number of hydrogen-bond donors (Lipinski definition) is 0. The number of amides is 1. The number of likely N-dealkylation sites (tertiary alicyclic amines) is 1. The molecule has 0 unspecified atom stereocenters. The Morgan fingerprint density at radius 2 is 1.86 bits per heavy atom. The molecular weight excluding hydrogens is 276 g/mol. The lowest BCUT2D eigenvalue weighted by molar-refractivity contribution is -0.134. The maximum atomic E-state index is 11.8. The van der Waals surface area contributed by atoms with Crippen molar-refractivity contribution >= 4 is 12.2 Å². The van der Waals surface area contributed by atoms with Crippen LogP contribution in [0.15, 0.2) is 24.3 Å². The third-order valence-corrected chi connectivity index (χ3v) is 4.39. The van der Waals surface area contributed by atoms with Gasteiger partial charge in [0.2, 0.25) is 5.91 Å². The van der Waals surface area contributed by atoms with E-state index in [0.717, 1.165) is 44.3 Å².